The zero-order valence-electron chi connectivity index (χ0n) is 16.8. The van der Waals surface area contributed by atoms with Gasteiger partial charge in [0.05, 0.1) is 12.5 Å². The molecule has 0 saturated heterocycles. The van der Waals surface area contributed by atoms with Crippen molar-refractivity contribution in [1.82, 2.24) is 15.6 Å². The predicted molar refractivity (Wildman–Crippen MR) is 110 cm³/mol. The van der Waals surface area contributed by atoms with Crippen molar-refractivity contribution in [1.29, 1.82) is 0 Å². The highest BCUT2D eigenvalue weighted by Gasteiger charge is 2.30. The van der Waals surface area contributed by atoms with Crippen molar-refractivity contribution < 1.29 is 24.3 Å². The molecule has 8 N–H and O–H groups in total. The number of aromatic amines is 1. The molecule has 162 valence electrons. The molecule has 0 aliphatic rings. The fraction of sp³-hybridized carbons (Fsp3) is 0.400. The molecule has 1 aromatic heterocycles. The number of fused-ring (bicyclic) bond motifs is 1. The number of para-hydroxylation sites is 1. The number of aliphatic carboxylic acids is 1. The molecule has 0 aliphatic heterocycles. The Hall–Kier alpha value is -3.40. The van der Waals surface area contributed by atoms with E-state index in [1.165, 1.54) is 0 Å². The lowest BCUT2D eigenvalue weighted by molar-refractivity contribution is -0.143. The summed E-state index contributed by atoms with van der Waals surface area (Å²) in [6.07, 6.45) is 1.47. The van der Waals surface area contributed by atoms with Gasteiger partial charge in [-0.3, -0.25) is 14.4 Å². The Morgan fingerprint density at radius 1 is 1.10 bits per heavy atom. The van der Waals surface area contributed by atoms with Crippen LogP contribution in [0.25, 0.3) is 10.9 Å². The third kappa shape index (κ3) is 5.80. The average Bonchev–Trinajstić information content (AvgIpc) is 3.07. The summed E-state index contributed by atoms with van der Waals surface area (Å²) in [5, 5.41) is 14.9. The minimum Gasteiger partial charge on any atom is -0.480 e. The molecule has 30 heavy (non-hydrogen) atoms. The summed E-state index contributed by atoms with van der Waals surface area (Å²) in [6.45, 7) is 3.25. The maximum absolute atomic E-state index is 12.6. The van der Waals surface area contributed by atoms with Crippen LogP contribution in [0.3, 0.4) is 0 Å². The van der Waals surface area contributed by atoms with E-state index in [0.29, 0.717) is 0 Å². The smallest absolute Gasteiger partial charge is 0.326 e. The van der Waals surface area contributed by atoms with E-state index in [4.69, 9.17) is 11.5 Å². The van der Waals surface area contributed by atoms with E-state index in [1.54, 1.807) is 20.0 Å². The van der Waals surface area contributed by atoms with Crippen LogP contribution in [0, 0.1) is 5.92 Å². The summed E-state index contributed by atoms with van der Waals surface area (Å²) >= 11 is 0. The third-order valence-corrected chi connectivity index (χ3v) is 4.72. The van der Waals surface area contributed by atoms with Gasteiger partial charge in [0.2, 0.25) is 17.7 Å². The number of carbonyl (C=O) groups is 4. The standard InChI is InChI=1S/C20H27N5O5/c1-10(2)17(20(29)30)25-19(28)15(8-16(22)26)24-18(27)13(21)7-11-9-23-14-6-4-3-5-12(11)14/h3-6,9-10,13,15,17,23H,7-8,21H2,1-2H3,(H2,22,26)(H,24,27)(H,25,28)(H,29,30)/t13-,15-,17-/m0/s1. The van der Waals surface area contributed by atoms with Crippen molar-refractivity contribution in [3.8, 4) is 0 Å². The Labute approximate surface area is 173 Å². The molecule has 2 rings (SSSR count). The number of benzene rings is 1. The fourth-order valence-electron chi connectivity index (χ4n) is 3.09. The number of carboxylic acid groups (broad SMARTS) is 1. The summed E-state index contributed by atoms with van der Waals surface area (Å²) in [6, 6.07) is 4.04. The highest BCUT2D eigenvalue weighted by atomic mass is 16.4. The maximum atomic E-state index is 12.6. The van der Waals surface area contributed by atoms with Gasteiger partial charge in [-0.15, -0.1) is 0 Å². The van der Waals surface area contributed by atoms with Gasteiger partial charge in [-0.05, 0) is 24.0 Å². The largest absolute Gasteiger partial charge is 0.480 e. The van der Waals surface area contributed by atoms with Gasteiger partial charge in [0.15, 0.2) is 0 Å². The van der Waals surface area contributed by atoms with Crippen molar-refractivity contribution in [3.05, 3.63) is 36.0 Å². The van der Waals surface area contributed by atoms with Crippen LogP contribution in [0.15, 0.2) is 30.5 Å². The molecule has 0 spiro atoms. The monoisotopic (exact) mass is 417 g/mol. The number of carboxylic acids is 1. The van der Waals surface area contributed by atoms with Crippen LogP contribution >= 0.6 is 0 Å². The zero-order chi connectivity index (χ0) is 22.4. The van der Waals surface area contributed by atoms with Crippen LogP contribution in [0.2, 0.25) is 0 Å². The van der Waals surface area contributed by atoms with E-state index in [2.05, 4.69) is 15.6 Å². The van der Waals surface area contributed by atoms with Gasteiger partial charge in [0.1, 0.15) is 12.1 Å². The molecule has 0 fully saturated rings. The summed E-state index contributed by atoms with van der Waals surface area (Å²) in [7, 11) is 0. The Morgan fingerprint density at radius 3 is 2.37 bits per heavy atom. The highest BCUT2D eigenvalue weighted by Crippen LogP contribution is 2.18. The van der Waals surface area contributed by atoms with Crippen LogP contribution in [0.4, 0.5) is 0 Å². The molecular formula is C20H27N5O5. The van der Waals surface area contributed by atoms with Gasteiger partial charge in [-0.2, -0.15) is 0 Å². The molecule has 10 heteroatoms. The Balaban J connectivity index is 2.08. The second-order valence-corrected chi connectivity index (χ2v) is 7.47. The lowest BCUT2D eigenvalue weighted by Crippen LogP contribution is -2.56. The summed E-state index contributed by atoms with van der Waals surface area (Å²) in [4.78, 5) is 50.8. The van der Waals surface area contributed by atoms with E-state index < -0.39 is 54.2 Å². The number of nitrogens with two attached hydrogens (primary N) is 2. The molecule has 1 aromatic carbocycles. The summed E-state index contributed by atoms with van der Waals surface area (Å²) in [5.74, 6) is -3.92. The molecule has 0 unspecified atom stereocenters. The van der Waals surface area contributed by atoms with Crippen LogP contribution in [-0.2, 0) is 25.6 Å². The number of primary amides is 1. The quantitative estimate of drug-likeness (QED) is 0.306. The SMILES string of the molecule is CC(C)[C@H](NC(=O)[C@H](CC(N)=O)NC(=O)[C@@H](N)Cc1c[nH]c2ccccc12)C(=O)O. The number of hydrogen-bond acceptors (Lipinski definition) is 5. The van der Waals surface area contributed by atoms with Crippen LogP contribution in [0.5, 0.6) is 0 Å². The highest BCUT2D eigenvalue weighted by molar-refractivity contribution is 5.95. The van der Waals surface area contributed by atoms with E-state index in [1.807, 2.05) is 24.3 Å². The van der Waals surface area contributed by atoms with Gasteiger partial charge in [-0.25, -0.2) is 4.79 Å². The van der Waals surface area contributed by atoms with Gasteiger partial charge >= 0.3 is 5.97 Å². The summed E-state index contributed by atoms with van der Waals surface area (Å²) < 4.78 is 0. The molecule has 0 aliphatic carbocycles. The fourth-order valence-corrected chi connectivity index (χ4v) is 3.09. The Kier molecular flexibility index (Phi) is 7.54. The first-order valence-corrected chi connectivity index (χ1v) is 9.52. The van der Waals surface area contributed by atoms with Gasteiger partial charge in [0, 0.05) is 17.1 Å². The second-order valence-electron chi connectivity index (χ2n) is 7.47. The Bertz CT molecular complexity index is 939. The normalized spacial score (nSPS) is 14.1. The van der Waals surface area contributed by atoms with E-state index >= 15 is 0 Å². The number of aromatic nitrogens is 1. The van der Waals surface area contributed by atoms with Gasteiger partial charge < -0.3 is 32.2 Å². The third-order valence-electron chi connectivity index (χ3n) is 4.72. The first-order chi connectivity index (χ1) is 14.1. The van der Waals surface area contributed by atoms with Crippen molar-refractivity contribution in [2.75, 3.05) is 0 Å². The number of hydrogen-bond donors (Lipinski definition) is 6. The number of amides is 3. The molecule has 3 atom stereocenters. The topological polar surface area (TPSA) is 180 Å². The summed E-state index contributed by atoms with van der Waals surface area (Å²) in [5.41, 5.74) is 12.9. The number of nitrogens with one attached hydrogen (secondary N) is 3. The number of rotatable bonds is 10. The lowest BCUT2D eigenvalue weighted by Gasteiger charge is -2.23. The van der Waals surface area contributed by atoms with Crippen molar-refractivity contribution in [3.63, 3.8) is 0 Å². The molecule has 0 radical (unpaired) electrons. The number of H-pyrrole nitrogens is 1. The minimum atomic E-state index is -1.33. The molecule has 0 saturated carbocycles. The van der Waals surface area contributed by atoms with Crippen molar-refractivity contribution in [2.24, 2.45) is 17.4 Å². The van der Waals surface area contributed by atoms with E-state index in [0.717, 1.165) is 16.5 Å². The number of carbonyl (C=O) groups excluding carboxylic acids is 3. The second kappa shape index (κ2) is 9.88. The molecule has 1 heterocycles. The minimum absolute atomic E-state index is 0.199. The molecule has 3 amide bonds. The average molecular weight is 417 g/mol. The van der Waals surface area contributed by atoms with Crippen molar-refractivity contribution >= 4 is 34.6 Å². The molecule has 0 bridgehead atoms. The van der Waals surface area contributed by atoms with Gasteiger partial charge in [-0.1, -0.05) is 32.0 Å². The van der Waals surface area contributed by atoms with Crippen LogP contribution < -0.4 is 22.1 Å². The van der Waals surface area contributed by atoms with E-state index in [-0.39, 0.29) is 6.42 Å². The zero-order valence-corrected chi connectivity index (χ0v) is 16.8. The molecule has 2 aromatic rings. The van der Waals surface area contributed by atoms with Crippen LogP contribution in [-0.4, -0.2) is 51.9 Å². The Morgan fingerprint density at radius 2 is 1.77 bits per heavy atom. The van der Waals surface area contributed by atoms with E-state index in [9.17, 15) is 24.3 Å². The predicted octanol–water partition coefficient (Wildman–Crippen LogP) is -0.377. The molecule has 10 nitrogen and oxygen atoms in total. The van der Waals surface area contributed by atoms with Crippen LogP contribution in [0.1, 0.15) is 25.8 Å². The lowest BCUT2D eigenvalue weighted by atomic mass is 10.0. The first-order valence-electron chi connectivity index (χ1n) is 9.52. The van der Waals surface area contributed by atoms with Crippen molar-refractivity contribution in [2.45, 2.75) is 44.8 Å². The van der Waals surface area contributed by atoms with Gasteiger partial charge in [0.25, 0.3) is 0 Å². The first kappa shape index (κ1) is 22.9. The molecular weight excluding hydrogens is 390 g/mol. The maximum Gasteiger partial charge on any atom is 0.326 e.